The summed E-state index contributed by atoms with van der Waals surface area (Å²) in [6.07, 6.45) is 0.969. The van der Waals surface area contributed by atoms with Crippen LogP contribution in [-0.4, -0.2) is 29.7 Å². The number of carbonyl (C=O) groups excluding carboxylic acids is 3. The highest BCUT2D eigenvalue weighted by Gasteiger charge is 2.15. The molecule has 0 aromatic carbocycles. The molecule has 22 heavy (non-hydrogen) atoms. The molecule has 0 saturated carbocycles. The van der Waals surface area contributed by atoms with Gasteiger partial charge < -0.3 is 10.6 Å². The van der Waals surface area contributed by atoms with Crippen LogP contribution in [0.4, 0.5) is 0 Å². The molecule has 0 atom stereocenters. The van der Waals surface area contributed by atoms with Crippen LogP contribution in [0.15, 0.2) is 0 Å². The Kier molecular flexibility index (Phi) is 12.7. The fourth-order valence-corrected chi connectivity index (χ4v) is 1.56. The SMILES string of the molecule is CC(C)CC(=O)C(=O)NC(C)C.CC(C)CC(=O)NC(C)C. The Bertz CT molecular complexity index is 316. The number of Topliss-reactive ketones (excluding diaryl/α,β-unsaturated/α-hetero) is 1. The van der Waals surface area contributed by atoms with Crippen LogP contribution >= 0.6 is 0 Å². The molecular weight excluding hydrogens is 280 g/mol. The zero-order valence-electron chi connectivity index (χ0n) is 15.4. The standard InChI is InChI=1S/C9H17NO2.C8H17NO/c1-6(2)5-8(11)9(12)10-7(3)4;1-6(2)5-8(10)9-7(3)4/h6-7H,5H2,1-4H3,(H,10,12);6-7H,5H2,1-4H3,(H,9,10). The highest BCUT2D eigenvalue weighted by molar-refractivity contribution is 6.36. The van der Waals surface area contributed by atoms with Gasteiger partial charge in [-0.3, -0.25) is 14.4 Å². The molecule has 2 N–H and O–H groups in total. The first kappa shape index (κ1) is 22.9. The van der Waals surface area contributed by atoms with E-state index in [1.807, 2.05) is 55.4 Å². The molecule has 0 aromatic rings. The van der Waals surface area contributed by atoms with Gasteiger partial charge in [0.05, 0.1) is 0 Å². The molecule has 130 valence electrons. The van der Waals surface area contributed by atoms with Gasteiger partial charge in [0, 0.05) is 24.9 Å². The molecule has 0 unspecified atom stereocenters. The normalized spacial score (nSPS) is 10.5. The van der Waals surface area contributed by atoms with Crippen molar-refractivity contribution in [1.82, 2.24) is 10.6 Å². The minimum Gasteiger partial charge on any atom is -0.354 e. The average Bonchev–Trinajstić information content (AvgIpc) is 2.25. The van der Waals surface area contributed by atoms with Crippen molar-refractivity contribution in [1.29, 1.82) is 0 Å². The second kappa shape index (κ2) is 12.2. The smallest absolute Gasteiger partial charge is 0.287 e. The van der Waals surface area contributed by atoms with Gasteiger partial charge in [-0.25, -0.2) is 0 Å². The lowest BCUT2D eigenvalue weighted by Gasteiger charge is -2.09. The Balaban J connectivity index is 0. The molecule has 5 nitrogen and oxygen atoms in total. The summed E-state index contributed by atoms with van der Waals surface area (Å²) in [5.41, 5.74) is 0. The van der Waals surface area contributed by atoms with E-state index < -0.39 is 5.91 Å². The van der Waals surface area contributed by atoms with Crippen molar-refractivity contribution < 1.29 is 14.4 Å². The summed E-state index contributed by atoms with van der Waals surface area (Å²) in [6.45, 7) is 15.5. The topological polar surface area (TPSA) is 75.3 Å². The summed E-state index contributed by atoms with van der Waals surface area (Å²) < 4.78 is 0. The number of amides is 2. The van der Waals surface area contributed by atoms with Crippen LogP contribution < -0.4 is 10.6 Å². The van der Waals surface area contributed by atoms with Crippen molar-refractivity contribution in [2.75, 3.05) is 0 Å². The van der Waals surface area contributed by atoms with E-state index >= 15 is 0 Å². The van der Waals surface area contributed by atoms with Crippen molar-refractivity contribution in [3.63, 3.8) is 0 Å². The predicted molar refractivity (Wildman–Crippen MR) is 90.5 cm³/mol. The molecule has 0 aliphatic carbocycles. The van der Waals surface area contributed by atoms with Crippen LogP contribution in [0.1, 0.15) is 68.2 Å². The molecule has 5 heteroatoms. The zero-order valence-corrected chi connectivity index (χ0v) is 15.4. The predicted octanol–water partition coefficient (Wildman–Crippen LogP) is 2.68. The van der Waals surface area contributed by atoms with E-state index in [1.54, 1.807) is 0 Å². The summed E-state index contributed by atoms with van der Waals surface area (Å²) in [7, 11) is 0. The third-order valence-corrected chi connectivity index (χ3v) is 2.31. The van der Waals surface area contributed by atoms with E-state index in [4.69, 9.17) is 0 Å². The molecule has 0 bridgehead atoms. The Morgan fingerprint density at radius 3 is 1.41 bits per heavy atom. The minimum atomic E-state index is -0.460. The Hall–Kier alpha value is -1.39. The van der Waals surface area contributed by atoms with Gasteiger partial charge in [-0.1, -0.05) is 27.7 Å². The first-order chi connectivity index (χ1) is 9.95. The number of carbonyl (C=O) groups is 3. The summed E-state index contributed by atoms with van der Waals surface area (Å²) in [5, 5.41) is 5.39. The van der Waals surface area contributed by atoms with Crippen LogP contribution in [0.2, 0.25) is 0 Å². The van der Waals surface area contributed by atoms with E-state index in [1.165, 1.54) is 0 Å². The van der Waals surface area contributed by atoms with E-state index in [0.29, 0.717) is 18.8 Å². The van der Waals surface area contributed by atoms with Crippen LogP contribution in [0.25, 0.3) is 0 Å². The Morgan fingerprint density at radius 1 is 0.682 bits per heavy atom. The molecule has 0 aliphatic rings. The first-order valence-corrected chi connectivity index (χ1v) is 8.08. The average molecular weight is 314 g/mol. The van der Waals surface area contributed by atoms with Crippen LogP contribution in [-0.2, 0) is 14.4 Å². The fraction of sp³-hybridized carbons (Fsp3) is 0.824. The van der Waals surface area contributed by atoms with Gasteiger partial charge in [-0.05, 0) is 39.5 Å². The largest absolute Gasteiger partial charge is 0.354 e. The van der Waals surface area contributed by atoms with Gasteiger partial charge in [0.25, 0.3) is 5.91 Å². The summed E-state index contributed by atoms with van der Waals surface area (Å²) in [5.74, 6) is 0.0802. The number of ketones is 1. The summed E-state index contributed by atoms with van der Waals surface area (Å²) in [6, 6.07) is 0.305. The fourth-order valence-electron chi connectivity index (χ4n) is 1.56. The van der Waals surface area contributed by atoms with Gasteiger partial charge in [0.1, 0.15) is 0 Å². The Morgan fingerprint density at radius 2 is 1.09 bits per heavy atom. The molecule has 0 heterocycles. The molecule has 0 aromatic heterocycles. The van der Waals surface area contributed by atoms with Crippen molar-refractivity contribution >= 4 is 17.6 Å². The first-order valence-electron chi connectivity index (χ1n) is 8.08. The van der Waals surface area contributed by atoms with Crippen molar-refractivity contribution in [3.8, 4) is 0 Å². The molecule has 0 rings (SSSR count). The molecule has 0 aliphatic heterocycles. The van der Waals surface area contributed by atoms with Crippen molar-refractivity contribution in [3.05, 3.63) is 0 Å². The lowest BCUT2D eigenvalue weighted by Crippen LogP contribution is -2.36. The van der Waals surface area contributed by atoms with E-state index in [9.17, 15) is 14.4 Å². The van der Waals surface area contributed by atoms with Crippen LogP contribution in [0.3, 0.4) is 0 Å². The second-order valence-electron chi connectivity index (χ2n) is 6.97. The third-order valence-electron chi connectivity index (χ3n) is 2.31. The molecule has 0 fully saturated rings. The number of nitrogens with one attached hydrogen (secondary N) is 2. The molecule has 0 spiro atoms. The minimum absolute atomic E-state index is 0.0358. The van der Waals surface area contributed by atoms with Gasteiger partial charge >= 0.3 is 0 Å². The maximum Gasteiger partial charge on any atom is 0.287 e. The summed E-state index contributed by atoms with van der Waals surface area (Å²) >= 11 is 0. The third kappa shape index (κ3) is 16.7. The lowest BCUT2D eigenvalue weighted by molar-refractivity contribution is -0.138. The van der Waals surface area contributed by atoms with E-state index in [-0.39, 0.29) is 29.7 Å². The van der Waals surface area contributed by atoms with Gasteiger partial charge in [0.15, 0.2) is 0 Å². The second-order valence-corrected chi connectivity index (χ2v) is 6.97. The van der Waals surface area contributed by atoms with Gasteiger partial charge in [-0.15, -0.1) is 0 Å². The number of rotatable bonds is 7. The molecule has 0 saturated heterocycles. The maximum absolute atomic E-state index is 11.1. The highest BCUT2D eigenvalue weighted by atomic mass is 16.2. The molecular formula is C17H34N2O3. The van der Waals surface area contributed by atoms with Crippen LogP contribution in [0, 0.1) is 11.8 Å². The lowest BCUT2D eigenvalue weighted by atomic mass is 10.1. The quantitative estimate of drug-likeness (QED) is 0.709. The maximum atomic E-state index is 11.1. The Labute approximate surface area is 135 Å². The van der Waals surface area contributed by atoms with Crippen LogP contribution in [0.5, 0.6) is 0 Å². The van der Waals surface area contributed by atoms with E-state index in [0.717, 1.165) is 0 Å². The van der Waals surface area contributed by atoms with Gasteiger partial charge in [0.2, 0.25) is 11.7 Å². The summed E-state index contributed by atoms with van der Waals surface area (Å²) in [4.78, 5) is 33.1. The highest BCUT2D eigenvalue weighted by Crippen LogP contribution is 2.00. The molecule has 2 amide bonds. The zero-order chi connectivity index (χ0) is 17.9. The number of hydrogen-bond donors (Lipinski definition) is 2. The van der Waals surface area contributed by atoms with Gasteiger partial charge in [-0.2, -0.15) is 0 Å². The monoisotopic (exact) mass is 314 g/mol. The molecule has 0 radical (unpaired) electrons. The number of hydrogen-bond acceptors (Lipinski definition) is 3. The van der Waals surface area contributed by atoms with Crippen molar-refractivity contribution in [2.45, 2.75) is 80.3 Å². The van der Waals surface area contributed by atoms with Crippen molar-refractivity contribution in [2.24, 2.45) is 11.8 Å². The van der Waals surface area contributed by atoms with E-state index in [2.05, 4.69) is 10.6 Å².